The molecule has 0 fully saturated rings. The van der Waals surface area contributed by atoms with Gasteiger partial charge in [-0.05, 0) is 43.7 Å². The Bertz CT molecular complexity index is 743. The Morgan fingerprint density at radius 1 is 1.17 bits per heavy atom. The second-order valence-electron chi connectivity index (χ2n) is 5.22. The molecule has 0 aliphatic carbocycles. The van der Waals surface area contributed by atoms with Gasteiger partial charge in [-0.15, -0.1) is 0 Å². The van der Waals surface area contributed by atoms with Gasteiger partial charge in [0.25, 0.3) is 0 Å². The minimum atomic E-state index is 0.0108. The van der Waals surface area contributed by atoms with Gasteiger partial charge < -0.3 is 9.47 Å². The lowest BCUT2D eigenvalue weighted by Gasteiger charge is -2.16. The van der Waals surface area contributed by atoms with Crippen LogP contribution in [0.3, 0.4) is 0 Å². The molecule has 0 radical (unpaired) electrons. The van der Waals surface area contributed by atoms with Crippen molar-refractivity contribution in [3.8, 4) is 17.6 Å². The van der Waals surface area contributed by atoms with Crippen LogP contribution in [0.5, 0.6) is 11.5 Å². The fourth-order valence-corrected chi connectivity index (χ4v) is 2.40. The Kier molecular flexibility index (Phi) is 5.84. The van der Waals surface area contributed by atoms with Crippen molar-refractivity contribution in [3.05, 3.63) is 58.1 Å². The van der Waals surface area contributed by atoms with Crippen LogP contribution in [0.25, 0.3) is 11.6 Å². The summed E-state index contributed by atoms with van der Waals surface area (Å²) in [6.45, 7) is 3.92. The van der Waals surface area contributed by atoms with E-state index in [0.717, 1.165) is 15.6 Å². The molecule has 0 N–H and O–H groups in total. The summed E-state index contributed by atoms with van der Waals surface area (Å²) in [5.41, 5.74) is 2.24. The largest absolute Gasteiger partial charge is 0.493 e. The molecule has 0 atom stereocenters. The van der Waals surface area contributed by atoms with E-state index < -0.39 is 0 Å². The van der Waals surface area contributed by atoms with Gasteiger partial charge >= 0.3 is 0 Å². The Balaban J connectivity index is 2.51. The molecular weight excluding hydrogens is 354 g/mol. The fraction of sp³-hybridized carbons (Fsp3) is 0.211. The first-order valence-corrected chi connectivity index (χ1v) is 8.06. The highest BCUT2D eigenvalue weighted by molar-refractivity contribution is 9.10. The summed E-state index contributed by atoms with van der Waals surface area (Å²) in [4.78, 5) is 0. The number of para-hydroxylation sites is 1. The number of rotatable bonds is 5. The van der Waals surface area contributed by atoms with E-state index >= 15 is 0 Å². The summed E-state index contributed by atoms with van der Waals surface area (Å²) in [7, 11) is 1.61. The van der Waals surface area contributed by atoms with E-state index in [0.29, 0.717) is 17.1 Å². The number of ether oxygens (including phenoxy) is 2. The van der Waals surface area contributed by atoms with Crippen molar-refractivity contribution in [3.63, 3.8) is 0 Å². The van der Waals surface area contributed by atoms with Crippen molar-refractivity contribution in [1.29, 1.82) is 5.26 Å². The van der Waals surface area contributed by atoms with Crippen LogP contribution in [-0.4, -0.2) is 13.2 Å². The monoisotopic (exact) mass is 371 g/mol. The van der Waals surface area contributed by atoms with Crippen molar-refractivity contribution in [1.82, 2.24) is 0 Å². The van der Waals surface area contributed by atoms with E-state index in [9.17, 15) is 5.26 Å². The third-order valence-electron chi connectivity index (χ3n) is 3.16. The van der Waals surface area contributed by atoms with Gasteiger partial charge in [0.1, 0.15) is 0 Å². The standard InChI is InChI=1S/C19H18BrNO2/c1-13(2)23-19-15(5-4-6-18(19)22-3)11-16(12-21)14-7-9-17(20)10-8-14/h4-11,13H,1-3H3/b16-11-. The van der Waals surface area contributed by atoms with E-state index in [1.54, 1.807) is 7.11 Å². The summed E-state index contributed by atoms with van der Waals surface area (Å²) in [6.07, 6.45) is 1.83. The van der Waals surface area contributed by atoms with Gasteiger partial charge in [0, 0.05) is 10.0 Å². The lowest BCUT2D eigenvalue weighted by Crippen LogP contribution is -2.08. The Morgan fingerprint density at radius 2 is 1.87 bits per heavy atom. The van der Waals surface area contributed by atoms with Crippen molar-refractivity contribution < 1.29 is 9.47 Å². The number of hydrogen-bond donors (Lipinski definition) is 0. The van der Waals surface area contributed by atoms with Gasteiger partial charge in [-0.25, -0.2) is 0 Å². The van der Waals surface area contributed by atoms with Crippen LogP contribution >= 0.6 is 15.9 Å². The van der Waals surface area contributed by atoms with E-state index in [1.807, 2.05) is 62.4 Å². The molecule has 3 nitrogen and oxygen atoms in total. The number of methoxy groups -OCH3 is 1. The molecule has 2 rings (SSSR count). The second kappa shape index (κ2) is 7.85. The Hall–Kier alpha value is -2.25. The van der Waals surface area contributed by atoms with Crippen molar-refractivity contribution in [2.24, 2.45) is 0 Å². The molecule has 23 heavy (non-hydrogen) atoms. The first kappa shape index (κ1) is 17.1. The van der Waals surface area contributed by atoms with Crippen molar-refractivity contribution in [2.45, 2.75) is 20.0 Å². The molecule has 0 saturated heterocycles. The number of hydrogen-bond acceptors (Lipinski definition) is 3. The molecule has 0 aliphatic rings. The number of nitriles is 1. The second-order valence-corrected chi connectivity index (χ2v) is 6.14. The average Bonchev–Trinajstić information content (AvgIpc) is 2.54. The summed E-state index contributed by atoms with van der Waals surface area (Å²) in [5.74, 6) is 1.30. The minimum absolute atomic E-state index is 0.0108. The maximum atomic E-state index is 9.51. The van der Waals surface area contributed by atoms with Gasteiger partial charge in [-0.2, -0.15) is 5.26 Å². The van der Waals surface area contributed by atoms with Gasteiger partial charge in [0.15, 0.2) is 11.5 Å². The molecule has 0 aromatic heterocycles. The zero-order valence-corrected chi connectivity index (χ0v) is 14.9. The molecule has 2 aromatic carbocycles. The van der Waals surface area contributed by atoms with Gasteiger partial charge in [0.2, 0.25) is 0 Å². The van der Waals surface area contributed by atoms with Crippen LogP contribution in [-0.2, 0) is 0 Å². The van der Waals surface area contributed by atoms with Crippen molar-refractivity contribution >= 4 is 27.6 Å². The molecule has 0 saturated carbocycles. The first-order chi connectivity index (χ1) is 11.0. The third-order valence-corrected chi connectivity index (χ3v) is 3.69. The highest BCUT2D eigenvalue weighted by Crippen LogP contribution is 2.34. The van der Waals surface area contributed by atoms with E-state index in [-0.39, 0.29) is 6.10 Å². The molecule has 0 amide bonds. The Morgan fingerprint density at radius 3 is 2.43 bits per heavy atom. The SMILES string of the molecule is COc1cccc(/C=C(/C#N)c2ccc(Br)cc2)c1OC(C)C. The highest BCUT2D eigenvalue weighted by Gasteiger charge is 2.12. The van der Waals surface area contributed by atoms with Crippen LogP contribution in [0.1, 0.15) is 25.0 Å². The van der Waals surface area contributed by atoms with Crippen LogP contribution in [0.2, 0.25) is 0 Å². The zero-order valence-electron chi connectivity index (χ0n) is 13.3. The predicted octanol–water partition coefficient (Wildman–Crippen LogP) is 5.31. The summed E-state index contributed by atoms with van der Waals surface area (Å²) >= 11 is 3.40. The lowest BCUT2D eigenvalue weighted by molar-refractivity contribution is 0.229. The van der Waals surface area contributed by atoms with Crippen LogP contribution < -0.4 is 9.47 Å². The maximum Gasteiger partial charge on any atom is 0.168 e. The van der Waals surface area contributed by atoms with Crippen LogP contribution in [0, 0.1) is 11.3 Å². The molecular formula is C19H18BrNO2. The molecule has 0 heterocycles. The van der Waals surface area contributed by atoms with Gasteiger partial charge in [-0.3, -0.25) is 0 Å². The molecule has 2 aromatic rings. The fourth-order valence-electron chi connectivity index (χ4n) is 2.13. The molecule has 118 valence electrons. The summed E-state index contributed by atoms with van der Waals surface area (Å²) in [5, 5.41) is 9.51. The topological polar surface area (TPSA) is 42.2 Å². The van der Waals surface area contributed by atoms with Gasteiger partial charge in [-0.1, -0.05) is 40.2 Å². The van der Waals surface area contributed by atoms with E-state index in [2.05, 4.69) is 22.0 Å². The summed E-state index contributed by atoms with van der Waals surface area (Å²) in [6, 6.07) is 15.5. The summed E-state index contributed by atoms with van der Waals surface area (Å²) < 4.78 is 12.2. The number of benzene rings is 2. The minimum Gasteiger partial charge on any atom is -0.493 e. The number of allylic oxidation sites excluding steroid dienone is 1. The smallest absolute Gasteiger partial charge is 0.168 e. The normalized spacial score (nSPS) is 11.2. The number of halogens is 1. The van der Waals surface area contributed by atoms with Crippen molar-refractivity contribution in [2.75, 3.05) is 7.11 Å². The lowest BCUT2D eigenvalue weighted by atomic mass is 10.0. The Labute approximate surface area is 145 Å². The van der Waals surface area contributed by atoms with E-state index in [4.69, 9.17) is 9.47 Å². The quantitative estimate of drug-likeness (QED) is 0.528. The maximum absolute atomic E-state index is 9.51. The average molecular weight is 372 g/mol. The molecule has 0 unspecified atom stereocenters. The first-order valence-electron chi connectivity index (χ1n) is 7.26. The van der Waals surface area contributed by atoms with Gasteiger partial charge in [0.05, 0.1) is 24.9 Å². The van der Waals surface area contributed by atoms with Crippen LogP contribution in [0.15, 0.2) is 46.9 Å². The predicted molar refractivity (Wildman–Crippen MR) is 96.4 cm³/mol. The number of nitrogens with zero attached hydrogens (tertiary/aromatic N) is 1. The van der Waals surface area contributed by atoms with Crippen LogP contribution in [0.4, 0.5) is 0 Å². The molecule has 0 aliphatic heterocycles. The van der Waals surface area contributed by atoms with E-state index in [1.165, 1.54) is 0 Å². The third kappa shape index (κ3) is 4.37. The molecule has 4 heteroatoms. The zero-order chi connectivity index (χ0) is 16.8. The highest BCUT2D eigenvalue weighted by atomic mass is 79.9. The molecule has 0 spiro atoms. The molecule has 0 bridgehead atoms.